The van der Waals surface area contributed by atoms with Gasteiger partial charge >= 0.3 is 5.97 Å². The van der Waals surface area contributed by atoms with Crippen molar-refractivity contribution in [3.05, 3.63) is 29.8 Å². The van der Waals surface area contributed by atoms with Crippen LogP contribution in [0.25, 0.3) is 0 Å². The summed E-state index contributed by atoms with van der Waals surface area (Å²) >= 11 is 0. The summed E-state index contributed by atoms with van der Waals surface area (Å²) in [5.41, 5.74) is 1.33. The first-order valence-corrected chi connectivity index (χ1v) is 6.50. The van der Waals surface area contributed by atoms with Crippen LogP contribution in [0.15, 0.2) is 24.3 Å². The molecule has 0 aromatic heterocycles. The summed E-state index contributed by atoms with van der Waals surface area (Å²) in [6.45, 7) is 0.872. The molecule has 3 N–H and O–H groups in total. The lowest BCUT2D eigenvalue weighted by Crippen LogP contribution is -2.43. The third-order valence-electron chi connectivity index (χ3n) is 3.18. The molecule has 1 aliphatic heterocycles. The van der Waals surface area contributed by atoms with Crippen molar-refractivity contribution in [3.8, 4) is 0 Å². The third-order valence-corrected chi connectivity index (χ3v) is 3.18. The summed E-state index contributed by atoms with van der Waals surface area (Å²) in [6.07, 6.45) is 2.98. The first kappa shape index (κ1) is 13.5. The van der Waals surface area contributed by atoms with E-state index >= 15 is 0 Å². The molecular formula is C14H18N2O3. The number of nitrogens with one attached hydrogen (secondary N) is 2. The highest BCUT2D eigenvalue weighted by Gasteiger charge is 2.20. The predicted octanol–water partition coefficient (Wildman–Crippen LogP) is 1.39. The molecule has 1 aromatic rings. The number of carboxylic acid groups (broad SMARTS) is 1. The van der Waals surface area contributed by atoms with Gasteiger partial charge in [-0.1, -0.05) is 18.6 Å². The number of anilines is 1. The fourth-order valence-electron chi connectivity index (χ4n) is 2.24. The van der Waals surface area contributed by atoms with E-state index in [2.05, 4.69) is 10.6 Å². The molecule has 2 rings (SSSR count). The van der Waals surface area contributed by atoms with E-state index in [1.54, 1.807) is 24.3 Å². The normalized spacial score (nSPS) is 18.8. The van der Waals surface area contributed by atoms with Crippen LogP contribution in [0.2, 0.25) is 0 Å². The molecule has 102 valence electrons. The van der Waals surface area contributed by atoms with E-state index in [0.29, 0.717) is 11.3 Å². The van der Waals surface area contributed by atoms with Gasteiger partial charge in [-0.15, -0.1) is 0 Å². The fraction of sp³-hybridized carbons (Fsp3) is 0.429. The molecule has 5 nitrogen and oxygen atoms in total. The first-order valence-electron chi connectivity index (χ1n) is 6.50. The highest BCUT2D eigenvalue weighted by Crippen LogP contribution is 2.14. The van der Waals surface area contributed by atoms with Crippen molar-refractivity contribution in [2.75, 3.05) is 11.9 Å². The minimum absolute atomic E-state index is 0.0363. The predicted molar refractivity (Wildman–Crippen MR) is 72.1 cm³/mol. The molecule has 0 spiro atoms. The Bertz CT molecular complexity index is 468. The summed E-state index contributed by atoms with van der Waals surface area (Å²) in [7, 11) is 0. The fourth-order valence-corrected chi connectivity index (χ4v) is 2.24. The number of piperidine rings is 1. The van der Waals surface area contributed by atoms with Crippen molar-refractivity contribution in [3.63, 3.8) is 0 Å². The molecule has 0 radical (unpaired) electrons. The topological polar surface area (TPSA) is 78.4 Å². The Morgan fingerprint density at radius 1 is 1.37 bits per heavy atom. The number of hydrogen-bond donors (Lipinski definition) is 3. The minimum Gasteiger partial charge on any atom is -0.481 e. The van der Waals surface area contributed by atoms with Crippen LogP contribution in [0.1, 0.15) is 24.8 Å². The lowest BCUT2D eigenvalue weighted by molar-refractivity contribution is -0.136. The highest BCUT2D eigenvalue weighted by atomic mass is 16.4. The standard InChI is InChI=1S/C14H18N2O3/c17-13(18)9-10-4-3-5-11(8-10)16-14(19)12-6-1-2-7-15-12/h3-5,8,12,15H,1-2,6-7,9H2,(H,16,19)(H,17,18)/t12-/m1/s1. The summed E-state index contributed by atoms with van der Waals surface area (Å²) in [5, 5.41) is 14.8. The molecule has 0 unspecified atom stereocenters. The zero-order valence-corrected chi connectivity index (χ0v) is 10.7. The number of carbonyl (C=O) groups excluding carboxylic acids is 1. The molecular weight excluding hydrogens is 244 g/mol. The third kappa shape index (κ3) is 4.06. The second kappa shape index (κ2) is 6.33. The maximum Gasteiger partial charge on any atom is 0.307 e. The summed E-state index contributed by atoms with van der Waals surface area (Å²) < 4.78 is 0. The molecule has 0 aliphatic carbocycles. The van der Waals surface area contributed by atoms with Gasteiger partial charge in [0, 0.05) is 5.69 Å². The number of benzene rings is 1. The van der Waals surface area contributed by atoms with Gasteiger partial charge in [-0.05, 0) is 37.1 Å². The molecule has 0 bridgehead atoms. The van der Waals surface area contributed by atoms with Crippen molar-refractivity contribution in [2.24, 2.45) is 0 Å². The molecule has 0 saturated carbocycles. The van der Waals surface area contributed by atoms with Gasteiger partial charge in [0.25, 0.3) is 0 Å². The molecule has 1 aliphatic rings. The number of rotatable bonds is 4. The molecule has 19 heavy (non-hydrogen) atoms. The lowest BCUT2D eigenvalue weighted by Gasteiger charge is -2.22. The second-order valence-electron chi connectivity index (χ2n) is 4.76. The molecule has 1 atom stereocenters. The summed E-state index contributed by atoms with van der Waals surface area (Å²) in [4.78, 5) is 22.7. The van der Waals surface area contributed by atoms with Gasteiger partial charge in [-0.2, -0.15) is 0 Å². The van der Waals surface area contributed by atoms with E-state index in [-0.39, 0.29) is 18.4 Å². The van der Waals surface area contributed by atoms with E-state index in [4.69, 9.17) is 5.11 Å². The molecule has 1 heterocycles. The van der Waals surface area contributed by atoms with Crippen molar-refractivity contribution in [2.45, 2.75) is 31.7 Å². The van der Waals surface area contributed by atoms with Crippen molar-refractivity contribution >= 4 is 17.6 Å². The van der Waals surface area contributed by atoms with E-state index in [1.807, 2.05) is 0 Å². The minimum atomic E-state index is -0.877. The van der Waals surface area contributed by atoms with Gasteiger partial charge in [0.2, 0.25) is 5.91 Å². The van der Waals surface area contributed by atoms with Crippen molar-refractivity contribution in [1.29, 1.82) is 0 Å². The van der Waals surface area contributed by atoms with Crippen LogP contribution in [0.5, 0.6) is 0 Å². The number of amides is 1. The van der Waals surface area contributed by atoms with E-state index in [1.165, 1.54) is 0 Å². The zero-order valence-electron chi connectivity index (χ0n) is 10.7. The Morgan fingerprint density at radius 3 is 2.89 bits per heavy atom. The maximum atomic E-state index is 12.0. The number of carboxylic acids is 1. The van der Waals surface area contributed by atoms with Crippen LogP contribution in [-0.2, 0) is 16.0 Å². The number of carbonyl (C=O) groups is 2. The Kier molecular flexibility index (Phi) is 4.52. The summed E-state index contributed by atoms with van der Waals surface area (Å²) in [5.74, 6) is -0.926. The quantitative estimate of drug-likeness (QED) is 0.766. The summed E-state index contributed by atoms with van der Waals surface area (Å²) in [6, 6.07) is 6.82. The van der Waals surface area contributed by atoms with E-state index in [9.17, 15) is 9.59 Å². The smallest absolute Gasteiger partial charge is 0.307 e. The Balaban J connectivity index is 1.97. The lowest BCUT2D eigenvalue weighted by atomic mass is 10.0. The second-order valence-corrected chi connectivity index (χ2v) is 4.76. The average Bonchev–Trinajstić information content (AvgIpc) is 2.39. The Hall–Kier alpha value is -1.88. The van der Waals surface area contributed by atoms with E-state index < -0.39 is 5.97 Å². The number of hydrogen-bond acceptors (Lipinski definition) is 3. The van der Waals surface area contributed by atoms with Gasteiger partial charge in [0.05, 0.1) is 12.5 Å². The van der Waals surface area contributed by atoms with Crippen LogP contribution < -0.4 is 10.6 Å². The van der Waals surface area contributed by atoms with Crippen molar-refractivity contribution < 1.29 is 14.7 Å². The Morgan fingerprint density at radius 2 is 2.21 bits per heavy atom. The van der Waals surface area contributed by atoms with Gasteiger partial charge in [0.1, 0.15) is 0 Å². The van der Waals surface area contributed by atoms with E-state index in [0.717, 1.165) is 25.8 Å². The SMILES string of the molecule is O=C(O)Cc1cccc(NC(=O)[C@H]2CCCCN2)c1. The van der Waals surface area contributed by atoms with Gasteiger partial charge in [0.15, 0.2) is 0 Å². The monoisotopic (exact) mass is 262 g/mol. The van der Waals surface area contributed by atoms with Gasteiger partial charge < -0.3 is 15.7 Å². The molecule has 1 aromatic carbocycles. The highest BCUT2D eigenvalue weighted by molar-refractivity contribution is 5.95. The first-order chi connectivity index (χ1) is 9.15. The van der Waals surface area contributed by atoms with Crippen molar-refractivity contribution in [1.82, 2.24) is 5.32 Å². The molecule has 1 saturated heterocycles. The largest absolute Gasteiger partial charge is 0.481 e. The maximum absolute atomic E-state index is 12.0. The zero-order chi connectivity index (χ0) is 13.7. The molecule has 5 heteroatoms. The Labute approximate surface area is 112 Å². The number of aliphatic carboxylic acids is 1. The van der Waals surface area contributed by atoms with Gasteiger partial charge in [-0.25, -0.2) is 0 Å². The van der Waals surface area contributed by atoms with Crippen LogP contribution in [-0.4, -0.2) is 29.6 Å². The molecule has 1 fully saturated rings. The van der Waals surface area contributed by atoms with Crippen LogP contribution in [0.3, 0.4) is 0 Å². The van der Waals surface area contributed by atoms with Crippen LogP contribution in [0, 0.1) is 0 Å². The molecule has 1 amide bonds. The van der Waals surface area contributed by atoms with Gasteiger partial charge in [-0.3, -0.25) is 9.59 Å². The van der Waals surface area contributed by atoms with Crippen LogP contribution in [0.4, 0.5) is 5.69 Å². The average molecular weight is 262 g/mol. The van der Waals surface area contributed by atoms with Crippen LogP contribution >= 0.6 is 0 Å².